The number of hydrazine groups is 1. The summed E-state index contributed by atoms with van der Waals surface area (Å²) in [4.78, 5) is 0. The van der Waals surface area contributed by atoms with Crippen molar-refractivity contribution in [2.45, 2.75) is 44.6 Å². The molecule has 0 fully saturated rings. The molecule has 2 atom stereocenters. The number of fused-ring (bicyclic) bond motifs is 1. The first-order valence-corrected chi connectivity index (χ1v) is 7.85. The molecule has 1 aliphatic rings. The molecule has 2 aromatic rings. The third kappa shape index (κ3) is 3.34. The molecule has 0 aliphatic heterocycles. The largest absolute Gasteiger partial charge is 0.271 e. The van der Waals surface area contributed by atoms with Gasteiger partial charge in [-0.25, -0.2) is 0 Å². The van der Waals surface area contributed by atoms with Gasteiger partial charge in [-0.15, -0.1) is 0 Å². The quantitative estimate of drug-likeness (QED) is 0.628. The van der Waals surface area contributed by atoms with Crippen molar-refractivity contribution in [3.63, 3.8) is 0 Å². The topological polar surface area (TPSA) is 38.0 Å². The predicted octanol–water partition coefficient (Wildman–Crippen LogP) is 3.49. The van der Waals surface area contributed by atoms with Crippen LogP contribution in [0.1, 0.15) is 41.0 Å². The lowest BCUT2D eigenvalue weighted by Crippen LogP contribution is -2.38. The van der Waals surface area contributed by atoms with E-state index >= 15 is 0 Å². The van der Waals surface area contributed by atoms with Gasteiger partial charge in [-0.05, 0) is 55.2 Å². The Labute approximate surface area is 127 Å². The second-order valence-corrected chi connectivity index (χ2v) is 6.23. The smallest absolute Gasteiger partial charge is 0.0219 e. The molecule has 1 aliphatic carbocycles. The third-order valence-corrected chi connectivity index (χ3v) is 4.63. The van der Waals surface area contributed by atoms with Crippen molar-refractivity contribution in [3.8, 4) is 0 Å². The fourth-order valence-electron chi connectivity index (χ4n) is 3.39. The van der Waals surface area contributed by atoms with E-state index in [1.165, 1.54) is 28.7 Å². The summed E-state index contributed by atoms with van der Waals surface area (Å²) in [5.41, 5.74) is 8.79. The van der Waals surface area contributed by atoms with Crippen molar-refractivity contribution >= 4 is 0 Å². The van der Waals surface area contributed by atoms with Crippen LogP contribution in [0.3, 0.4) is 0 Å². The highest BCUT2D eigenvalue weighted by Crippen LogP contribution is 2.38. The zero-order chi connectivity index (χ0) is 14.7. The molecule has 2 nitrogen and oxygen atoms in total. The Kier molecular flexibility index (Phi) is 4.37. The summed E-state index contributed by atoms with van der Waals surface area (Å²) in [6, 6.07) is 17.9. The molecule has 0 amide bonds. The predicted molar refractivity (Wildman–Crippen MR) is 88.1 cm³/mol. The molecule has 0 heterocycles. The molecule has 0 bridgehead atoms. The highest BCUT2D eigenvalue weighted by molar-refractivity contribution is 5.39. The van der Waals surface area contributed by atoms with Gasteiger partial charge in [0, 0.05) is 6.04 Å². The van der Waals surface area contributed by atoms with Crippen molar-refractivity contribution in [1.82, 2.24) is 5.43 Å². The first-order chi connectivity index (χ1) is 10.3. The van der Waals surface area contributed by atoms with Crippen LogP contribution in [-0.4, -0.2) is 6.04 Å². The van der Waals surface area contributed by atoms with Crippen LogP contribution in [-0.2, 0) is 12.8 Å². The minimum Gasteiger partial charge on any atom is -0.271 e. The van der Waals surface area contributed by atoms with Crippen molar-refractivity contribution in [2.75, 3.05) is 0 Å². The van der Waals surface area contributed by atoms with Gasteiger partial charge in [0.05, 0.1) is 0 Å². The van der Waals surface area contributed by atoms with Gasteiger partial charge in [0.15, 0.2) is 0 Å². The molecule has 3 rings (SSSR count). The summed E-state index contributed by atoms with van der Waals surface area (Å²) < 4.78 is 0. The van der Waals surface area contributed by atoms with E-state index in [9.17, 15) is 0 Å². The fourth-order valence-corrected chi connectivity index (χ4v) is 3.39. The molecule has 110 valence electrons. The number of nitrogens with two attached hydrogens (primary N) is 1. The Hall–Kier alpha value is -1.64. The van der Waals surface area contributed by atoms with Crippen LogP contribution >= 0.6 is 0 Å². The van der Waals surface area contributed by atoms with E-state index in [1.807, 2.05) is 0 Å². The standard InChI is InChI=1S/C19H24N2/c1-14-5-4-6-15(11-14)9-10-18(21-20)13-17-12-16-7-2-3-8-19(16)17/h2-8,11,17-18,21H,9-10,12-13,20H2,1H3. The summed E-state index contributed by atoms with van der Waals surface area (Å²) in [5, 5.41) is 0. The summed E-state index contributed by atoms with van der Waals surface area (Å²) in [6.45, 7) is 2.15. The summed E-state index contributed by atoms with van der Waals surface area (Å²) in [5.74, 6) is 6.44. The van der Waals surface area contributed by atoms with Gasteiger partial charge in [0.25, 0.3) is 0 Å². The highest BCUT2D eigenvalue weighted by Gasteiger charge is 2.27. The van der Waals surface area contributed by atoms with Gasteiger partial charge in [0.1, 0.15) is 0 Å². The Morgan fingerprint density at radius 3 is 2.81 bits per heavy atom. The molecular weight excluding hydrogens is 256 g/mol. The number of hydrogen-bond acceptors (Lipinski definition) is 2. The fraction of sp³-hybridized carbons (Fsp3) is 0.368. The van der Waals surface area contributed by atoms with E-state index in [0.717, 1.165) is 19.3 Å². The highest BCUT2D eigenvalue weighted by atomic mass is 15.2. The molecule has 0 spiro atoms. The van der Waals surface area contributed by atoms with Gasteiger partial charge in [-0.1, -0.05) is 54.1 Å². The number of benzene rings is 2. The average Bonchev–Trinajstić information content (AvgIpc) is 2.48. The van der Waals surface area contributed by atoms with E-state index in [2.05, 4.69) is 60.9 Å². The maximum Gasteiger partial charge on any atom is 0.0219 e. The minimum atomic E-state index is 0.392. The van der Waals surface area contributed by atoms with Crippen LogP contribution in [0.5, 0.6) is 0 Å². The zero-order valence-electron chi connectivity index (χ0n) is 12.7. The van der Waals surface area contributed by atoms with Gasteiger partial charge in [-0.2, -0.15) is 0 Å². The van der Waals surface area contributed by atoms with E-state index in [-0.39, 0.29) is 0 Å². The lowest BCUT2D eigenvalue weighted by atomic mass is 9.74. The van der Waals surface area contributed by atoms with Crippen molar-refractivity contribution < 1.29 is 0 Å². The van der Waals surface area contributed by atoms with E-state index in [0.29, 0.717) is 12.0 Å². The Balaban J connectivity index is 1.55. The van der Waals surface area contributed by atoms with Crippen LogP contribution in [0.4, 0.5) is 0 Å². The first-order valence-electron chi connectivity index (χ1n) is 7.85. The first kappa shape index (κ1) is 14.3. The number of rotatable bonds is 6. The third-order valence-electron chi connectivity index (χ3n) is 4.63. The Bertz CT molecular complexity index is 606. The van der Waals surface area contributed by atoms with Crippen molar-refractivity contribution in [3.05, 3.63) is 70.8 Å². The van der Waals surface area contributed by atoms with E-state index < -0.39 is 0 Å². The molecule has 21 heavy (non-hydrogen) atoms. The van der Waals surface area contributed by atoms with Crippen LogP contribution in [0.25, 0.3) is 0 Å². The van der Waals surface area contributed by atoms with Gasteiger partial charge < -0.3 is 0 Å². The molecule has 0 radical (unpaired) electrons. The van der Waals surface area contributed by atoms with Crippen molar-refractivity contribution in [2.24, 2.45) is 5.84 Å². The molecule has 2 aromatic carbocycles. The van der Waals surface area contributed by atoms with Crippen molar-refractivity contribution in [1.29, 1.82) is 0 Å². The van der Waals surface area contributed by atoms with Crippen LogP contribution in [0.15, 0.2) is 48.5 Å². The number of nitrogens with one attached hydrogen (secondary N) is 1. The number of hydrogen-bond donors (Lipinski definition) is 2. The average molecular weight is 280 g/mol. The zero-order valence-corrected chi connectivity index (χ0v) is 12.7. The minimum absolute atomic E-state index is 0.392. The maximum absolute atomic E-state index is 5.76. The van der Waals surface area contributed by atoms with Crippen LogP contribution in [0, 0.1) is 6.92 Å². The summed E-state index contributed by atoms with van der Waals surface area (Å²) >= 11 is 0. The van der Waals surface area contributed by atoms with E-state index in [4.69, 9.17) is 5.84 Å². The van der Waals surface area contributed by atoms with E-state index in [1.54, 1.807) is 0 Å². The molecular formula is C19H24N2. The monoisotopic (exact) mass is 280 g/mol. The van der Waals surface area contributed by atoms with Crippen LogP contribution < -0.4 is 11.3 Å². The molecule has 2 heteroatoms. The van der Waals surface area contributed by atoms with Gasteiger partial charge >= 0.3 is 0 Å². The summed E-state index contributed by atoms with van der Waals surface area (Å²) in [6.07, 6.45) is 4.53. The Morgan fingerprint density at radius 1 is 1.19 bits per heavy atom. The molecule has 0 aromatic heterocycles. The maximum atomic E-state index is 5.76. The second kappa shape index (κ2) is 6.42. The second-order valence-electron chi connectivity index (χ2n) is 6.23. The number of aryl methyl sites for hydroxylation is 2. The SMILES string of the molecule is Cc1cccc(CCC(CC2Cc3ccccc32)NN)c1. The van der Waals surface area contributed by atoms with Gasteiger partial charge in [-0.3, -0.25) is 11.3 Å². The van der Waals surface area contributed by atoms with Gasteiger partial charge in [0.2, 0.25) is 0 Å². The molecule has 2 unspecified atom stereocenters. The normalized spacial score (nSPS) is 17.9. The molecule has 3 N–H and O–H groups in total. The lowest BCUT2D eigenvalue weighted by Gasteiger charge is -2.33. The Morgan fingerprint density at radius 2 is 2.05 bits per heavy atom. The molecule has 0 saturated heterocycles. The lowest BCUT2D eigenvalue weighted by molar-refractivity contribution is 0.404. The van der Waals surface area contributed by atoms with Crippen LogP contribution in [0.2, 0.25) is 0 Å². The summed E-state index contributed by atoms with van der Waals surface area (Å²) in [7, 11) is 0. The molecule has 0 saturated carbocycles.